The van der Waals surface area contributed by atoms with Crippen molar-refractivity contribution < 1.29 is 9.53 Å². The molecule has 0 atom stereocenters. The van der Waals surface area contributed by atoms with E-state index in [1.807, 2.05) is 25.1 Å². The predicted octanol–water partition coefficient (Wildman–Crippen LogP) is 3.36. The zero-order valence-electron chi connectivity index (χ0n) is 16.9. The SMILES string of the molecule is Cc1ccccc1C1(CNC(=O)c2cnn(-c3ccccn3)c2C)CCOCC1. The standard InChI is InChI=1S/C23H26N4O2/c1-17-7-3-4-8-20(17)23(10-13-29-14-11-23)16-25-22(28)19-15-26-27(18(19)2)21-9-5-6-12-24-21/h3-9,12,15H,10-11,13-14,16H2,1-2H3,(H,25,28). The zero-order valence-corrected chi connectivity index (χ0v) is 16.9. The number of carbonyl (C=O) groups excluding carboxylic acids is 1. The second-order valence-corrected chi connectivity index (χ2v) is 7.63. The molecule has 0 unspecified atom stereocenters. The maximum absolute atomic E-state index is 13.0. The van der Waals surface area contributed by atoms with Gasteiger partial charge in [-0.1, -0.05) is 30.3 Å². The Balaban J connectivity index is 1.55. The van der Waals surface area contributed by atoms with Crippen LogP contribution >= 0.6 is 0 Å². The molecule has 1 aromatic carbocycles. The maximum Gasteiger partial charge on any atom is 0.254 e. The summed E-state index contributed by atoms with van der Waals surface area (Å²) >= 11 is 0. The molecule has 1 amide bonds. The Bertz CT molecular complexity index is 991. The number of hydrogen-bond donors (Lipinski definition) is 1. The lowest BCUT2D eigenvalue weighted by molar-refractivity contribution is 0.0485. The summed E-state index contributed by atoms with van der Waals surface area (Å²) in [7, 11) is 0. The maximum atomic E-state index is 13.0. The van der Waals surface area contributed by atoms with Gasteiger partial charge in [-0.2, -0.15) is 5.10 Å². The fourth-order valence-corrected chi connectivity index (χ4v) is 4.16. The summed E-state index contributed by atoms with van der Waals surface area (Å²) < 4.78 is 7.31. The Labute approximate surface area is 170 Å². The molecule has 4 rings (SSSR count). The van der Waals surface area contributed by atoms with E-state index < -0.39 is 0 Å². The minimum atomic E-state index is -0.107. The highest BCUT2D eigenvalue weighted by molar-refractivity contribution is 5.95. The van der Waals surface area contributed by atoms with E-state index in [1.54, 1.807) is 17.1 Å². The second-order valence-electron chi connectivity index (χ2n) is 7.63. The van der Waals surface area contributed by atoms with E-state index in [2.05, 4.69) is 46.6 Å². The van der Waals surface area contributed by atoms with E-state index in [0.717, 1.165) is 18.5 Å². The number of benzene rings is 1. The summed E-state index contributed by atoms with van der Waals surface area (Å²) in [5.74, 6) is 0.592. The molecule has 29 heavy (non-hydrogen) atoms. The van der Waals surface area contributed by atoms with Crippen LogP contribution < -0.4 is 5.32 Å². The van der Waals surface area contributed by atoms with Crippen LogP contribution in [0.1, 0.15) is 40.0 Å². The second kappa shape index (κ2) is 8.17. The first kappa shape index (κ1) is 19.3. The highest BCUT2D eigenvalue weighted by Gasteiger charge is 2.36. The van der Waals surface area contributed by atoms with E-state index >= 15 is 0 Å². The Morgan fingerprint density at radius 2 is 1.90 bits per heavy atom. The number of nitrogens with zero attached hydrogens (tertiary/aromatic N) is 3. The van der Waals surface area contributed by atoms with Crippen molar-refractivity contribution in [2.45, 2.75) is 32.1 Å². The molecular formula is C23H26N4O2. The molecule has 0 spiro atoms. The summed E-state index contributed by atoms with van der Waals surface area (Å²) in [4.78, 5) is 17.3. The molecule has 6 heteroatoms. The van der Waals surface area contributed by atoms with Gasteiger partial charge < -0.3 is 10.1 Å². The van der Waals surface area contributed by atoms with Gasteiger partial charge in [-0.15, -0.1) is 0 Å². The van der Waals surface area contributed by atoms with Crippen molar-refractivity contribution in [1.29, 1.82) is 0 Å². The summed E-state index contributed by atoms with van der Waals surface area (Å²) in [6.45, 7) is 6.02. The Kier molecular flexibility index (Phi) is 5.45. The van der Waals surface area contributed by atoms with Gasteiger partial charge in [0.2, 0.25) is 0 Å². The van der Waals surface area contributed by atoms with E-state index in [0.29, 0.717) is 31.1 Å². The fraction of sp³-hybridized carbons (Fsp3) is 0.348. The third-order valence-corrected chi connectivity index (χ3v) is 5.87. The van der Waals surface area contributed by atoms with Crippen LogP contribution in [0.4, 0.5) is 0 Å². The van der Waals surface area contributed by atoms with Crippen LogP contribution in [0.25, 0.3) is 5.82 Å². The van der Waals surface area contributed by atoms with Crippen molar-refractivity contribution >= 4 is 5.91 Å². The lowest BCUT2D eigenvalue weighted by Crippen LogP contribution is -2.45. The normalized spacial score (nSPS) is 15.8. The van der Waals surface area contributed by atoms with Crippen LogP contribution in [0, 0.1) is 13.8 Å². The Morgan fingerprint density at radius 3 is 2.62 bits per heavy atom. The Morgan fingerprint density at radius 1 is 1.14 bits per heavy atom. The van der Waals surface area contributed by atoms with Gasteiger partial charge in [0.1, 0.15) is 0 Å². The smallest absolute Gasteiger partial charge is 0.254 e. The first-order valence-electron chi connectivity index (χ1n) is 9.99. The van der Waals surface area contributed by atoms with Crippen LogP contribution in [-0.2, 0) is 10.2 Å². The molecule has 0 bridgehead atoms. The molecular weight excluding hydrogens is 364 g/mol. The number of pyridine rings is 1. The van der Waals surface area contributed by atoms with Gasteiger partial charge >= 0.3 is 0 Å². The van der Waals surface area contributed by atoms with Crippen molar-refractivity contribution in [3.8, 4) is 5.82 Å². The summed E-state index contributed by atoms with van der Waals surface area (Å²) in [5.41, 5.74) is 3.79. The summed E-state index contributed by atoms with van der Waals surface area (Å²) in [6.07, 6.45) is 5.12. The number of ether oxygens (including phenoxy) is 1. The summed E-state index contributed by atoms with van der Waals surface area (Å²) in [5, 5.41) is 7.54. The molecule has 0 radical (unpaired) electrons. The number of nitrogens with one attached hydrogen (secondary N) is 1. The monoisotopic (exact) mass is 390 g/mol. The van der Waals surface area contributed by atoms with Crippen LogP contribution in [0.5, 0.6) is 0 Å². The molecule has 150 valence electrons. The lowest BCUT2D eigenvalue weighted by atomic mass is 9.72. The van der Waals surface area contributed by atoms with E-state index in [-0.39, 0.29) is 11.3 Å². The van der Waals surface area contributed by atoms with Gasteiger partial charge in [0.05, 0.1) is 17.5 Å². The molecule has 0 aliphatic carbocycles. The molecule has 2 aromatic heterocycles. The summed E-state index contributed by atoms with van der Waals surface area (Å²) in [6, 6.07) is 14.1. The molecule has 1 fully saturated rings. The van der Waals surface area contributed by atoms with Gasteiger partial charge in [-0.05, 0) is 49.9 Å². The molecule has 1 N–H and O–H groups in total. The number of aryl methyl sites for hydroxylation is 1. The minimum absolute atomic E-state index is 0.107. The van der Waals surface area contributed by atoms with Gasteiger partial charge in [-0.3, -0.25) is 4.79 Å². The van der Waals surface area contributed by atoms with Crippen molar-refractivity contribution in [1.82, 2.24) is 20.1 Å². The van der Waals surface area contributed by atoms with Gasteiger partial charge in [0, 0.05) is 31.4 Å². The average molecular weight is 390 g/mol. The number of aromatic nitrogens is 3. The van der Waals surface area contributed by atoms with Crippen LogP contribution in [-0.4, -0.2) is 40.4 Å². The lowest BCUT2D eigenvalue weighted by Gasteiger charge is -2.39. The van der Waals surface area contributed by atoms with Crippen molar-refractivity contribution in [2.75, 3.05) is 19.8 Å². The molecule has 1 aliphatic heterocycles. The van der Waals surface area contributed by atoms with Crippen LogP contribution in [0.3, 0.4) is 0 Å². The first-order chi connectivity index (χ1) is 14.1. The number of amides is 1. The molecule has 1 saturated heterocycles. The Hall–Kier alpha value is -2.99. The number of rotatable bonds is 5. The topological polar surface area (TPSA) is 69.0 Å². The van der Waals surface area contributed by atoms with Crippen molar-refractivity contribution in [3.05, 3.63) is 77.2 Å². The fourth-order valence-electron chi connectivity index (χ4n) is 4.16. The van der Waals surface area contributed by atoms with Gasteiger partial charge in [0.25, 0.3) is 5.91 Å². The quantitative estimate of drug-likeness (QED) is 0.725. The molecule has 1 aliphatic rings. The average Bonchev–Trinajstić information content (AvgIpc) is 3.15. The minimum Gasteiger partial charge on any atom is -0.381 e. The third kappa shape index (κ3) is 3.80. The molecule has 0 saturated carbocycles. The highest BCUT2D eigenvalue weighted by Crippen LogP contribution is 2.36. The van der Waals surface area contributed by atoms with Gasteiger partial charge in [-0.25, -0.2) is 9.67 Å². The predicted molar refractivity (Wildman–Crippen MR) is 111 cm³/mol. The van der Waals surface area contributed by atoms with Crippen molar-refractivity contribution in [2.24, 2.45) is 0 Å². The van der Waals surface area contributed by atoms with Gasteiger partial charge in [0.15, 0.2) is 5.82 Å². The van der Waals surface area contributed by atoms with E-state index in [4.69, 9.17) is 4.74 Å². The van der Waals surface area contributed by atoms with E-state index in [1.165, 1.54) is 11.1 Å². The molecule has 3 heterocycles. The molecule has 3 aromatic rings. The van der Waals surface area contributed by atoms with Crippen molar-refractivity contribution in [3.63, 3.8) is 0 Å². The third-order valence-electron chi connectivity index (χ3n) is 5.87. The zero-order chi connectivity index (χ0) is 20.3. The first-order valence-corrected chi connectivity index (χ1v) is 9.99. The van der Waals surface area contributed by atoms with Crippen LogP contribution in [0.15, 0.2) is 54.9 Å². The van der Waals surface area contributed by atoms with E-state index in [9.17, 15) is 4.79 Å². The highest BCUT2D eigenvalue weighted by atomic mass is 16.5. The number of hydrogen-bond acceptors (Lipinski definition) is 4. The van der Waals surface area contributed by atoms with Crippen LogP contribution in [0.2, 0.25) is 0 Å². The molecule has 6 nitrogen and oxygen atoms in total. The largest absolute Gasteiger partial charge is 0.381 e. The number of carbonyl (C=O) groups is 1.